The molecule has 0 heterocycles. The predicted molar refractivity (Wildman–Crippen MR) is 61.3 cm³/mol. The summed E-state index contributed by atoms with van der Waals surface area (Å²) in [6.45, 7) is 8.38. The van der Waals surface area contributed by atoms with E-state index in [0.717, 1.165) is 17.9 Å². The molecular weight excluding hydrogens is 170 g/mol. The lowest BCUT2D eigenvalue weighted by molar-refractivity contribution is 0.264. The van der Waals surface area contributed by atoms with Crippen LogP contribution in [0.1, 0.15) is 52.9 Å². The van der Waals surface area contributed by atoms with Gasteiger partial charge < -0.3 is 5.32 Å². The van der Waals surface area contributed by atoms with Crippen LogP contribution in [0.15, 0.2) is 0 Å². The van der Waals surface area contributed by atoms with E-state index in [1.54, 1.807) is 0 Å². The molecule has 0 aromatic rings. The highest BCUT2D eigenvalue weighted by Crippen LogP contribution is 2.51. The maximum atomic E-state index is 3.70. The van der Waals surface area contributed by atoms with Gasteiger partial charge in [0.05, 0.1) is 0 Å². The molecule has 0 bridgehead atoms. The molecule has 1 heteroatoms. The summed E-state index contributed by atoms with van der Waals surface area (Å²) in [7, 11) is 0. The van der Waals surface area contributed by atoms with Gasteiger partial charge in [-0.05, 0) is 43.6 Å². The van der Waals surface area contributed by atoms with Gasteiger partial charge in [-0.3, -0.25) is 0 Å². The van der Waals surface area contributed by atoms with Crippen molar-refractivity contribution in [2.24, 2.45) is 17.3 Å². The Bertz CT molecular complexity index is 193. The van der Waals surface area contributed by atoms with Crippen molar-refractivity contribution in [1.29, 1.82) is 0 Å². The zero-order chi connectivity index (χ0) is 10.2. The average molecular weight is 195 g/mol. The van der Waals surface area contributed by atoms with Crippen LogP contribution in [0, 0.1) is 17.3 Å². The van der Waals surface area contributed by atoms with E-state index in [4.69, 9.17) is 0 Å². The van der Waals surface area contributed by atoms with Gasteiger partial charge in [-0.15, -0.1) is 0 Å². The summed E-state index contributed by atoms with van der Waals surface area (Å²) < 4.78 is 0. The Morgan fingerprint density at radius 2 is 2.00 bits per heavy atom. The fourth-order valence-corrected chi connectivity index (χ4v) is 2.58. The molecule has 0 saturated heterocycles. The van der Waals surface area contributed by atoms with Gasteiger partial charge in [0, 0.05) is 6.04 Å². The summed E-state index contributed by atoms with van der Waals surface area (Å²) in [5.74, 6) is 2.00. The fourth-order valence-electron chi connectivity index (χ4n) is 2.58. The summed E-state index contributed by atoms with van der Waals surface area (Å²) in [4.78, 5) is 0. The average Bonchev–Trinajstić information content (AvgIpc) is 2.63. The van der Waals surface area contributed by atoms with Crippen LogP contribution in [-0.2, 0) is 0 Å². The minimum Gasteiger partial charge on any atom is -0.314 e. The van der Waals surface area contributed by atoms with E-state index in [9.17, 15) is 0 Å². The van der Waals surface area contributed by atoms with Gasteiger partial charge in [0.1, 0.15) is 0 Å². The molecule has 2 rings (SSSR count). The van der Waals surface area contributed by atoms with Crippen LogP contribution in [-0.4, -0.2) is 12.6 Å². The van der Waals surface area contributed by atoms with Crippen LogP contribution in [0.5, 0.6) is 0 Å². The van der Waals surface area contributed by atoms with Crippen LogP contribution < -0.4 is 5.32 Å². The topological polar surface area (TPSA) is 12.0 Å². The highest BCUT2D eigenvalue weighted by atomic mass is 14.9. The highest BCUT2D eigenvalue weighted by molar-refractivity contribution is 4.96. The van der Waals surface area contributed by atoms with Gasteiger partial charge in [-0.1, -0.05) is 33.1 Å². The molecule has 2 aliphatic rings. The molecule has 0 aromatic carbocycles. The molecule has 0 amide bonds. The molecule has 14 heavy (non-hydrogen) atoms. The molecule has 0 aliphatic heterocycles. The lowest BCUT2D eigenvalue weighted by Crippen LogP contribution is -2.32. The van der Waals surface area contributed by atoms with Crippen molar-refractivity contribution >= 4 is 0 Å². The molecule has 0 spiro atoms. The quantitative estimate of drug-likeness (QED) is 0.710. The van der Waals surface area contributed by atoms with E-state index >= 15 is 0 Å². The van der Waals surface area contributed by atoms with Gasteiger partial charge in [0.15, 0.2) is 0 Å². The molecule has 2 atom stereocenters. The van der Waals surface area contributed by atoms with Gasteiger partial charge in [-0.25, -0.2) is 0 Å². The zero-order valence-corrected chi connectivity index (χ0v) is 9.97. The van der Waals surface area contributed by atoms with E-state index in [2.05, 4.69) is 26.1 Å². The van der Waals surface area contributed by atoms with Crippen molar-refractivity contribution in [2.45, 2.75) is 58.9 Å². The van der Waals surface area contributed by atoms with Crippen LogP contribution in [0.2, 0.25) is 0 Å². The van der Waals surface area contributed by atoms with Crippen molar-refractivity contribution in [1.82, 2.24) is 5.32 Å². The molecule has 2 unspecified atom stereocenters. The normalized spacial score (nSPS) is 32.4. The van der Waals surface area contributed by atoms with E-state index in [0.29, 0.717) is 5.41 Å². The molecule has 2 saturated carbocycles. The molecule has 2 aliphatic carbocycles. The summed E-state index contributed by atoms with van der Waals surface area (Å²) in [5.41, 5.74) is 0.642. The second-order valence-electron chi connectivity index (χ2n) is 6.23. The first-order valence-corrected chi connectivity index (χ1v) is 6.31. The zero-order valence-electron chi connectivity index (χ0n) is 9.97. The molecule has 1 nitrogen and oxygen atoms in total. The van der Waals surface area contributed by atoms with Crippen molar-refractivity contribution in [3.05, 3.63) is 0 Å². The maximum absolute atomic E-state index is 3.70. The molecule has 0 aromatic heterocycles. The van der Waals surface area contributed by atoms with Crippen molar-refractivity contribution in [3.63, 3.8) is 0 Å². The first-order valence-electron chi connectivity index (χ1n) is 6.31. The Morgan fingerprint density at radius 3 is 2.43 bits per heavy atom. The van der Waals surface area contributed by atoms with Gasteiger partial charge in [-0.2, -0.15) is 0 Å². The Hall–Kier alpha value is -0.0400. The first kappa shape index (κ1) is 10.5. The lowest BCUT2D eigenvalue weighted by Gasteiger charge is -2.28. The van der Waals surface area contributed by atoms with E-state index in [-0.39, 0.29) is 0 Å². The van der Waals surface area contributed by atoms with Gasteiger partial charge >= 0.3 is 0 Å². The second kappa shape index (κ2) is 3.84. The van der Waals surface area contributed by atoms with Crippen molar-refractivity contribution in [3.8, 4) is 0 Å². The van der Waals surface area contributed by atoms with E-state index in [1.165, 1.54) is 38.6 Å². The molecule has 1 N–H and O–H groups in total. The summed E-state index contributed by atoms with van der Waals surface area (Å²) in [6, 6.07) is 0.747. The summed E-state index contributed by atoms with van der Waals surface area (Å²) in [5, 5.41) is 3.70. The lowest BCUT2D eigenvalue weighted by atomic mass is 9.81. The minimum atomic E-state index is 0.642. The second-order valence-corrected chi connectivity index (χ2v) is 6.23. The smallest absolute Gasteiger partial charge is 0.00414 e. The Balaban J connectivity index is 1.56. The summed E-state index contributed by atoms with van der Waals surface area (Å²) in [6.07, 6.45) is 7.29. The SMILES string of the molecule is CC(CC1CCC1)NCC1CC1(C)C. The third kappa shape index (κ3) is 2.50. The van der Waals surface area contributed by atoms with E-state index < -0.39 is 0 Å². The third-order valence-electron chi connectivity index (χ3n) is 4.34. The number of rotatable bonds is 5. The monoisotopic (exact) mass is 195 g/mol. The van der Waals surface area contributed by atoms with Crippen LogP contribution in [0.3, 0.4) is 0 Å². The molecule has 82 valence electrons. The van der Waals surface area contributed by atoms with Gasteiger partial charge in [0.2, 0.25) is 0 Å². The predicted octanol–water partition coefficient (Wildman–Crippen LogP) is 3.20. The molecule has 0 radical (unpaired) electrons. The first-order chi connectivity index (χ1) is 6.58. The Kier molecular flexibility index (Phi) is 2.88. The number of hydrogen-bond donors (Lipinski definition) is 1. The highest BCUT2D eigenvalue weighted by Gasteiger charge is 2.44. The van der Waals surface area contributed by atoms with Crippen molar-refractivity contribution in [2.75, 3.05) is 6.54 Å². The number of hydrogen-bond acceptors (Lipinski definition) is 1. The largest absolute Gasteiger partial charge is 0.314 e. The van der Waals surface area contributed by atoms with Crippen LogP contribution >= 0.6 is 0 Å². The fraction of sp³-hybridized carbons (Fsp3) is 1.00. The third-order valence-corrected chi connectivity index (χ3v) is 4.34. The van der Waals surface area contributed by atoms with Crippen molar-refractivity contribution < 1.29 is 0 Å². The Morgan fingerprint density at radius 1 is 1.36 bits per heavy atom. The van der Waals surface area contributed by atoms with E-state index in [1.807, 2.05) is 0 Å². The number of nitrogens with one attached hydrogen (secondary N) is 1. The summed E-state index contributed by atoms with van der Waals surface area (Å²) >= 11 is 0. The van der Waals surface area contributed by atoms with Gasteiger partial charge in [0.25, 0.3) is 0 Å². The van der Waals surface area contributed by atoms with Crippen LogP contribution in [0.4, 0.5) is 0 Å². The minimum absolute atomic E-state index is 0.642. The molecule has 2 fully saturated rings. The van der Waals surface area contributed by atoms with Crippen LogP contribution in [0.25, 0.3) is 0 Å². The standard InChI is InChI=1S/C13H25N/c1-10(7-11-5-4-6-11)14-9-12-8-13(12,2)3/h10-12,14H,4-9H2,1-3H3. The molecular formula is C13H25N. The Labute approximate surface area is 88.7 Å². The maximum Gasteiger partial charge on any atom is 0.00414 e.